The van der Waals surface area contributed by atoms with E-state index in [2.05, 4.69) is 35.2 Å². The van der Waals surface area contributed by atoms with E-state index in [1.807, 2.05) is 0 Å². The molecule has 2 saturated heterocycles. The van der Waals surface area contributed by atoms with Gasteiger partial charge in [0.1, 0.15) is 0 Å². The average molecular weight is 322 g/mol. The molecule has 2 atom stereocenters. The molecule has 0 saturated carbocycles. The van der Waals surface area contributed by atoms with Crippen LogP contribution in [0.2, 0.25) is 0 Å². The van der Waals surface area contributed by atoms with E-state index >= 15 is 0 Å². The van der Waals surface area contributed by atoms with Gasteiger partial charge in [0.15, 0.2) is 0 Å². The van der Waals surface area contributed by atoms with Gasteiger partial charge in [-0.2, -0.15) is 0 Å². The van der Waals surface area contributed by atoms with Crippen LogP contribution in [0.15, 0.2) is 30.3 Å². The molecule has 5 heteroatoms. The van der Waals surface area contributed by atoms with Crippen LogP contribution in [0.25, 0.3) is 0 Å². The topological polar surface area (TPSA) is 40.6 Å². The number of rotatable bonds is 6. The number of hydrogen-bond acceptors (Lipinski definition) is 3. The summed E-state index contributed by atoms with van der Waals surface area (Å²) in [5.74, 6) is 1.31. The van der Waals surface area contributed by atoms with Gasteiger partial charge in [-0.15, -0.1) is 0 Å². The number of benzene rings is 1. The quantitative estimate of drug-likeness (QED) is 0.802. The molecule has 0 bridgehead atoms. The predicted octanol–water partition coefficient (Wildman–Crippen LogP) is 1.83. The highest BCUT2D eigenvalue weighted by molar-refractivity contribution is 7.89. The number of likely N-dealkylation sites (tertiary alicyclic amines) is 1. The van der Waals surface area contributed by atoms with E-state index in [4.69, 9.17) is 0 Å². The van der Waals surface area contributed by atoms with Crippen molar-refractivity contribution in [2.75, 3.05) is 38.5 Å². The van der Waals surface area contributed by atoms with Gasteiger partial charge in [0.2, 0.25) is 10.0 Å². The average Bonchev–Trinajstić information content (AvgIpc) is 3.07. The van der Waals surface area contributed by atoms with E-state index in [0.29, 0.717) is 11.8 Å². The van der Waals surface area contributed by atoms with Crippen molar-refractivity contribution >= 4 is 10.0 Å². The van der Waals surface area contributed by atoms with Gasteiger partial charge in [-0.3, -0.25) is 0 Å². The molecule has 4 nitrogen and oxygen atoms in total. The molecule has 2 fully saturated rings. The van der Waals surface area contributed by atoms with Crippen molar-refractivity contribution in [2.45, 2.75) is 19.8 Å². The van der Waals surface area contributed by atoms with E-state index in [9.17, 15) is 8.42 Å². The lowest BCUT2D eigenvalue weighted by molar-refractivity contribution is 0.293. The van der Waals surface area contributed by atoms with E-state index < -0.39 is 10.0 Å². The second-order valence-corrected chi connectivity index (χ2v) is 8.84. The van der Waals surface area contributed by atoms with Crippen molar-refractivity contribution in [3.8, 4) is 0 Å². The maximum absolute atomic E-state index is 12.0. The number of nitrogens with zero attached hydrogens (tertiary/aromatic N) is 2. The molecule has 1 aromatic rings. The minimum Gasteiger partial charge on any atom is -0.303 e. The van der Waals surface area contributed by atoms with Crippen LogP contribution in [-0.4, -0.2) is 56.1 Å². The van der Waals surface area contributed by atoms with Gasteiger partial charge >= 0.3 is 0 Å². The summed E-state index contributed by atoms with van der Waals surface area (Å²) in [7, 11) is -3.00. The maximum Gasteiger partial charge on any atom is 0.213 e. The first kappa shape index (κ1) is 16.0. The van der Waals surface area contributed by atoms with Crippen LogP contribution in [-0.2, 0) is 16.4 Å². The number of aryl methyl sites for hydroxylation is 1. The molecule has 2 aliphatic heterocycles. The third-order valence-corrected chi connectivity index (χ3v) is 6.88. The first-order valence-electron chi connectivity index (χ1n) is 8.32. The SMILES string of the molecule is CCS(=O)(=O)N1C[C@H]2CN(CCCc3ccccc3)C[C@@H]2C1. The molecule has 0 unspecified atom stereocenters. The molecule has 2 aliphatic rings. The Morgan fingerprint density at radius 3 is 2.27 bits per heavy atom. The Hall–Kier alpha value is -0.910. The first-order valence-corrected chi connectivity index (χ1v) is 9.93. The Bertz CT molecular complexity index is 574. The molecule has 0 aromatic heterocycles. The van der Waals surface area contributed by atoms with Gasteiger partial charge in [-0.1, -0.05) is 30.3 Å². The summed E-state index contributed by atoms with van der Waals surface area (Å²) in [6.07, 6.45) is 2.31. The van der Waals surface area contributed by atoms with Gasteiger partial charge in [-0.05, 0) is 43.7 Å². The number of fused-ring (bicyclic) bond motifs is 1. The molecule has 0 radical (unpaired) electrons. The summed E-state index contributed by atoms with van der Waals surface area (Å²) in [5.41, 5.74) is 1.40. The monoisotopic (exact) mass is 322 g/mol. The van der Waals surface area contributed by atoms with Crippen molar-refractivity contribution in [3.63, 3.8) is 0 Å². The zero-order valence-corrected chi connectivity index (χ0v) is 14.1. The predicted molar refractivity (Wildman–Crippen MR) is 89.2 cm³/mol. The number of hydrogen-bond donors (Lipinski definition) is 0. The van der Waals surface area contributed by atoms with Crippen LogP contribution in [0, 0.1) is 11.8 Å². The molecular formula is C17H26N2O2S. The van der Waals surface area contributed by atoms with Crippen molar-refractivity contribution < 1.29 is 8.42 Å². The third kappa shape index (κ3) is 3.53. The van der Waals surface area contributed by atoms with E-state index in [-0.39, 0.29) is 5.75 Å². The Morgan fingerprint density at radius 2 is 1.68 bits per heavy atom. The molecule has 122 valence electrons. The normalized spacial score (nSPS) is 26.4. The lowest BCUT2D eigenvalue weighted by atomic mass is 10.0. The standard InChI is InChI=1S/C17H26N2O2S/c1-2-22(20,21)19-13-16-11-18(12-17(16)14-19)10-6-9-15-7-4-3-5-8-15/h3-5,7-8,16-17H,2,6,9-14H2,1H3/t16-,17-/m1/s1. The molecule has 22 heavy (non-hydrogen) atoms. The molecule has 0 amide bonds. The Balaban J connectivity index is 1.44. The summed E-state index contributed by atoms with van der Waals surface area (Å²) in [6, 6.07) is 10.6. The van der Waals surface area contributed by atoms with Crippen LogP contribution in [0.1, 0.15) is 18.9 Å². The van der Waals surface area contributed by atoms with Crippen LogP contribution in [0.5, 0.6) is 0 Å². The summed E-state index contributed by atoms with van der Waals surface area (Å²) in [5, 5.41) is 0. The van der Waals surface area contributed by atoms with Crippen LogP contribution in [0.3, 0.4) is 0 Å². The second kappa shape index (κ2) is 6.69. The molecule has 1 aromatic carbocycles. The first-order chi connectivity index (χ1) is 10.6. The second-order valence-electron chi connectivity index (χ2n) is 6.59. The summed E-state index contributed by atoms with van der Waals surface area (Å²) < 4.78 is 25.6. The van der Waals surface area contributed by atoms with Gasteiger partial charge in [-0.25, -0.2) is 12.7 Å². The lowest BCUT2D eigenvalue weighted by Crippen LogP contribution is -2.34. The highest BCUT2D eigenvalue weighted by atomic mass is 32.2. The highest BCUT2D eigenvalue weighted by Crippen LogP contribution is 2.32. The molecular weight excluding hydrogens is 296 g/mol. The fourth-order valence-electron chi connectivity index (χ4n) is 3.79. The van der Waals surface area contributed by atoms with Crippen LogP contribution in [0.4, 0.5) is 0 Å². The molecule has 3 rings (SSSR count). The van der Waals surface area contributed by atoms with Gasteiger partial charge in [0.05, 0.1) is 5.75 Å². The van der Waals surface area contributed by atoms with Crippen LogP contribution >= 0.6 is 0 Å². The Morgan fingerprint density at radius 1 is 1.05 bits per heavy atom. The smallest absolute Gasteiger partial charge is 0.213 e. The zero-order valence-electron chi connectivity index (χ0n) is 13.3. The fraction of sp³-hybridized carbons (Fsp3) is 0.647. The number of sulfonamides is 1. The summed E-state index contributed by atoms with van der Waals surface area (Å²) >= 11 is 0. The third-order valence-electron chi connectivity index (χ3n) is 5.07. The van der Waals surface area contributed by atoms with Crippen molar-refractivity contribution in [3.05, 3.63) is 35.9 Å². The van der Waals surface area contributed by atoms with E-state index in [1.54, 1.807) is 11.2 Å². The molecule has 0 spiro atoms. The minimum atomic E-state index is -3.00. The van der Waals surface area contributed by atoms with Crippen molar-refractivity contribution in [1.29, 1.82) is 0 Å². The van der Waals surface area contributed by atoms with E-state index in [0.717, 1.165) is 39.1 Å². The van der Waals surface area contributed by atoms with E-state index in [1.165, 1.54) is 12.0 Å². The van der Waals surface area contributed by atoms with Gasteiger partial charge in [0, 0.05) is 26.2 Å². The highest BCUT2D eigenvalue weighted by Gasteiger charge is 2.42. The maximum atomic E-state index is 12.0. The van der Waals surface area contributed by atoms with Gasteiger partial charge in [0.25, 0.3) is 0 Å². The molecule has 0 aliphatic carbocycles. The zero-order chi connectivity index (χ0) is 15.6. The largest absolute Gasteiger partial charge is 0.303 e. The minimum absolute atomic E-state index is 0.229. The Kier molecular flexibility index (Phi) is 4.85. The summed E-state index contributed by atoms with van der Waals surface area (Å²) in [6.45, 7) is 6.46. The van der Waals surface area contributed by atoms with Crippen LogP contribution < -0.4 is 0 Å². The lowest BCUT2D eigenvalue weighted by Gasteiger charge is -2.20. The molecule has 2 heterocycles. The van der Waals surface area contributed by atoms with Gasteiger partial charge < -0.3 is 4.90 Å². The fourth-order valence-corrected chi connectivity index (χ4v) is 4.99. The van der Waals surface area contributed by atoms with Crippen molar-refractivity contribution in [1.82, 2.24) is 9.21 Å². The Labute approximate surface area is 134 Å². The van der Waals surface area contributed by atoms with Crippen molar-refractivity contribution in [2.24, 2.45) is 11.8 Å². The summed E-state index contributed by atoms with van der Waals surface area (Å²) in [4.78, 5) is 2.52. The molecule has 0 N–H and O–H groups in total.